The number of rotatable bonds is 5. The van der Waals surface area contributed by atoms with Crippen LogP contribution in [0.1, 0.15) is 26.7 Å². The lowest BCUT2D eigenvalue weighted by molar-refractivity contribution is 0.193. The van der Waals surface area contributed by atoms with Gasteiger partial charge in [-0.1, -0.05) is 13.8 Å². The van der Waals surface area contributed by atoms with E-state index in [1.807, 2.05) is 13.8 Å². The average molecular weight is 243 g/mol. The van der Waals surface area contributed by atoms with Crippen LogP contribution in [0.5, 0.6) is 5.75 Å². The van der Waals surface area contributed by atoms with Gasteiger partial charge in [-0.15, -0.1) is 0 Å². The first-order valence-corrected chi connectivity index (χ1v) is 6.81. The van der Waals surface area contributed by atoms with Gasteiger partial charge in [-0.05, 0) is 37.1 Å². The highest BCUT2D eigenvalue weighted by Gasteiger charge is 2.09. The first-order chi connectivity index (χ1) is 7.47. The summed E-state index contributed by atoms with van der Waals surface area (Å²) >= 11 is 0. The van der Waals surface area contributed by atoms with Crippen molar-refractivity contribution in [1.29, 1.82) is 0 Å². The predicted octanol–water partition coefficient (Wildman–Crippen LogP) is 1.90. The fraction of sp³-hybridized carbons (Fsp3) is 0.455. The molecule has 0 bridgehead atoms. The molecule has 5 heteroatoms. The topological polar surface area (TPSA) is 69.4 Å². The molecule has 0 heterocycles. The van der Waals surface area contributed by atoms with Crippen LogP contribution in [0.15, 0.2) is 29.2 Å². The molecule has 90 valence electrons. The normalized spacial score (nSPS) is 11.8. The van der Waals surface area contributed by atoms with Crippen LogP contribution in [0, 0.1) is 0 Å². The maximum absolute atomic E-state index is 11.0. The standard InChI is InChI=1S/C11H17NO3S/c1-3-9(4-2)15-10-5-7-11(8-6-10)16(12,13)14/h5-9H,3-4H2,1-2H3,(H2,12,13,14). The zero-order valence-electron chi connectivity index (χ0n) is 9.51. The molecule has 0 aliphatic rings. The van der Waals surface area contributed by atoms with Gasteiger partial charge in [0.2, 0.25) is 10.0 Å². The third-order valence-electron chi connectivity index (χ3n) is 2.37. The van der Waals surface area contributed by atoms with E-state index >= 15 is 0 Å². The van der Waals surface area contributed by atoms with Gasteiger partial charge in [-0.2, -0.15) is 0 Å². The molecule has 1 rings (SSSR count). The molecule has 0 saturated carbocycles. The highest BCUT2D eigenvalue weighted by molar-refractivity contribution is 7.89. The molecule has 1 aromatic carbocycles. The van der Waals surface area contributed by atoms with Crippen molar-refractivity contribution >= 4 is 10.0 Å². The van der Waals surface area contributed by atoms with Gasteiger partial charge in [0.1, 0.15) is 5.75 Å². The number of benzene rings is 1. The van der Waals surface area contributed by atoms with E-state index in [-0.39, 0.29) is 11.0 Å². The van der Waals surface area contributed by atoms with E-state index in [4.69, 9.17) is 9.88 Å². The lowest BCUT2D eigenvalue weighted by Gasteiger charge is -2.15. The van der Waals surface area contributed by atoms with E-state index in [9.17, 15) is 8.42 Å². The van der Waals surface area contributed by atoms with E-state index < -0.39 is 10.0 Å². The average Bonchev–Trinajstić information content (AvgIpc) is 2.25. The monoisotopic (exact) mass is 243 g/mol. The Morgan fingerprint density at radius 3 is 2.06 bits per heavy atom. The Morgan fingerprint density at radius 1 is 1.19 bits per heavy atom. The number of nitrogens with two attached hydrogens (primary N) is 1. The largest absolute Gasteiger partial charge is 0.490 e. The zero-order valence-corrected chi connectivity index (χ0v) is 10.3. The Balaban J connectivity index is 2.80. The third-order valence-corrected chi connectivity index (χ3v) is 3.29. The summed E-state index contributed by atoms with van der Waals surface area (Å²) in [5.74, 6) is 0.668. The van der Waals surface area contributed by atoms with Gasteiger partial charge in [-0.3, -0.25) is 0 Å². The zero-order chi connectivity index (χ0) is 12.2. The molecular weight excluding hydrogens is 226 g/mol. The minimum Gasteiger partial charge on any atom is -0.490 e. The fourth-order valence-electron chi connectivity index (χ4n) is 1.36. The Morgan fingerprint density at radius 2 is 1.69 bits per heavy atom. The number of sulfonamides is 1. The first kappa shape index (κ1) is 13.0. The lowest BCUT2D eigenvalue weighted by atomic mass is 10.2. The van der Waals surface area contributed by atoms with Crippen molar-refractivity contribution in [2.45, 2.75) is 37.7 Å². The van der Waals surface area contributed by atoms with Crippen LogP contribution in [0.25, 0.3) is 0 Å². The Hall–Kier alpha value is -1.07. The SMILES string of the molecule is CCC(CC)Oc1ccc(S(N)(=O)=O)cc1. The molecule has 0 saturated heterocycles. The summed E-state index contributed by atoms with van der Waals surface area (Å²) in [6.07, 6.45) is 2.02. The van der Waals surface area contributed by atoms with Crippen molar-refractivity contribution in [2.24, 2.45) is 5.14 Å². The van der Waals surface area contributed by atoms with Gasteiger partial charge in [0.25, 0.3) is 0 Å². The fourth-order valence-corrected chi connectivity index (χ4v) is 1.87. The molecule has 0 spiro atoms. The van der Waals surface area contributed by atoms with Crippen molar-refractivity contribution < 1.29 is 13.2 Å². The summed E-state index contributed by atoms with van der Waals surface area (Å²) in [7, 11) is -3.61. The maximum atomic E-state index is 11.0. The van der Waals surface area contributed by atoms with Gasteiger partial charge in [0, 0.05) is 0 Å². The molecule has 0 fully saturated rings. The molecule has 0 amide bonds. The van der Waals surface area contributed by atoms with Crippen LogP contribution >= 0.6 is 0 Å². The van der Waals surface area contributed by atoms with Crippen LogP contribution in [0.2, 0.25) is 0 Å². The number of primary sulfonamides is 1. The van der Waals surface area contributed by atoms with Crippen molar-refractivity contribution in [2.75, 3.05) is 0 Å². The number of hydrogen-bond acceptors (Lipinski definition) is 3. The van der Waals surface area contributed by atoms with Crippen LogP contribution in [-0.2, 0) is 10.0 Å². The van der Waals surface area contributed by atoms with E-state index in [2.05, 4.69) is 0 Å². The minimum atomic E-state index is -3.61. The Bertz CT molecular complexity index is 421. The molecule has 0 unspecified atom stereocenters. The summed E-state index contributed by atoms with van der Waals surface area (Å²) < 4.78 is 27.7. The summed E-state index contributed by atoms with van der Waals surface area (Å²) in [6, 6.07) is 6.15. The second-order valence-electron chi connectivity index (χ2n) is 3.57. The second kappa shape index (κ2) is 5.32. The summed E-state index contributed by atoms with van der Waals surface area (Å²) in [4.78, 5) is 0.101. The van der Waals surface area contributed by atoms with Gasteiger partial charge >= 0.3 is 0 Å². The molecule has 0 aromatic heterocycles. The Labute approximate surface area is 96.5 Å². The van der Waals surface area contributed by atoms with Gasteiger partial charge in [-0.25, -0.2) is 13.6 Å². The van der Waals surface area contributed by atoms with Gasteiger partial charge < -0.3 is 4.74 Å². The molecule has 2 N–H and O–H groups in total. The highest BCUT2D eigenvalue weighted by Crippen LogP contribution is 2.17. The first-order valence-electron chi connectivity index (χ1n) is 5.27. The number of hydrogen-bond donors (Lipinski definition) is 1. The summed E-state index contributed by atoms with van der Waals surface area (Å²) in [5, 5.41) is 4.99. The molecule has 1 aromatic rings. The van der Waals surface area contributed by atoms with E-state index in [0.717, 1.165) is 12.8 Å². The van der Waals surface area contributed by atoms with Crippen molar-refractivity contribution in [3.63, 3.8) is 0 Å². The Kier molecular flexibility index (Phi) is 4.32. The maximum Gasteiger partial charge on any atom is 0.238 e. The lowest BCUT2D eigenvalue weighted by Crippen LogP contribution is -2.14. The third kappa shape index (κ3) is 3.50. The van der Waals surface area contributed by atoms with Crippen LogP contribution in [0.4, 0.5) is 0 Å². The summed E-state index contributed by atoms with van der Waals surface area (Å²) in [5.41, 5.74) is 0. The van der Waals surface area contributed by atoms with E-state index in [0.29, 0.717) is 5.75 Å². The van der Waals surface area contributed by atoms with Crippen molar-refractivity contribution in [1.82, 2.24) is 0 Å². The van der Waals surface area contributed by atoms with Crippen molar-refractivity contribution in [3.05, 3.63) is 24.3 Å². The molecule has 0 aliphatic heterocycles. The van der Waals surface area contributed by atoms with Crippen LogP contribution in [-0.4, -0.2) is 14.5 Å². The number of ether oxygens (including phenoxy) is 1. The second-order valence-corrected chi connectivity index (χ2v) is 5.13. The quantitative estimate of drug-likeness (QED) is 0.858. The molecule has 0 aliphatic carbocycles. The highest BCUT2D eigenvalue weighted by atomic mass is 32.2. The van der Waals surface area contributed by atoms with E-state index in [1.165, 1.54) is 12.1 Å². The molecular formula is C11H17NO3S. The molecule has 4 nitrogen and oxygen atoms in total. The van der Waals surface area contributed by atoms with Crippen molar-refractivity contribution in [3.8, 4) is 5.75 Å². The summed E-state index contributed by atoms with van der Waals surface area (Å²) in [6.45, 7) is 4.10. The smallest absolute Gasteiger partial charge is 0.238 e. The molecule has 0 radical (unpaired) electrons. The minimum absolute atomic E-state index is 0.101. The van der Waals surface area contributed by atoms with Gasteiger partial charge in [0.15, 0.2) is 0 Å². The predicted molar refractivity (Wildman–Crippen MR) is 62.8 cm³/mol. The van der Waals surface area contributed by atoms with E-state index in [1.54, 1.807) is 12.1 Å². The van der Waals surface area contributed by atoms with Crippen LogP contribution in [0.3, 0.4) is 0 Å². The van der Waals surface area contributed by atoms with Crippen LogP contribution < -0.4 is 9.88 Å². The molecule has 0 atom stereocenters. The van der Waals surface area contributed by atoms with Gasteiger partial charge in [0.05, 0.1) is 11.0 Å². The molecule has 16 heavy (non-hydrogen) atoms.